The molecular formula is C16H11ClFNO. The molecule has 0 bridgehead atoms. The van der Waals surface area contributed by atoms with E-state index in [1.165, 1.54) is 12.1 Å². The first kappa shape index (κ1) is 12.9. The average Bonchev–Trinajstić information content (AvgIpc) is 2.80. The summed E-state index contributed by atoms with van der Waals surface area (Å²) in [4.78, 5) is 11.1. The summed E-state index contributed by atoms with van der Waals surface area (Å²) in [5.41, 5.74) is 2.40. The molecule has 0 atom stereocenters. The fourth-order valence-electron chi connectivity index (χ4n) is 2.33. The summed E-state index contributed by atoms with van der Waals surface area (Å²) in [7, 11) is 0. The number of carbonyl (C=O) groups excluding carboxylic acids is 1. The predicted molar refractivity (Wildman–Crippen MR) is 77.8 cm³/mol. The Hall–Kier alpha value is -2.13. The lowest BCUT2D eigenvalue weighted by atomic mass is 10.2. The van der Waals surface area contributed by atoms with Crippen LogP contribution in [0.25, 0.3) is 10.9 Å². The number of benzene rings is 2. The van der Waals surface area contributed by atoms with Gasteiger partial charge >= 0.3 is 0 Å². The molecular weight excluding hydrogens is 277 g/mol. The monoisotopic (exact) mass is 287 g/mol. The number of aldehydes is 1. The third-order valence-corrected chi connectivity index (χ3v) is 3.65. The zero-order valence-electron chi connectivity index (χ0n) is 10.5. The van der Waals surface area contributed by atoms with E-state index in [2.05, 4.69) is 0 Å². The van der Waals surface area contributed by atoms with Crippen molar-refractivity contribution in [2.75, 3.05) is 0 Å². The first-order valence-electron chi connectivity index (χ1n) is 6.16. The standard InChI is InChI=1S/C16H11ClFNO/c17-15-7-13(18)6-5-11(15)8-19-9-12(10-20)14-3-1-2-4-16(14)19/h1-7,9-10H,8H2. The second-order valence-corrected chi connectivity index (χ2v) is 4.99. The SMILES string of the molecule is O=Cc1cn(Cc2ccc(F)cc2Cl)c2ccccc12. The molecule has 2 aromatic carbocycles. The van der Waals surface area contributed by atoms with Gasteiger partial charge in [-0.25, -0.2) is 4.39 Å². The molecule has 0 N–H and O–H groups in total. The fourth-order valence-corrected chi connectivity index (χ4v) is 2.56. The van der Waals surface area contributed by atoms with Crippen LogP contribution in [0.1, 0.15) is 15.9 Å². The number of nitrogens with zero attached hydrogens (tertiary/aromatic N) is 1. The molecule has 1 aromatic heterocycles. The second kappa shape index (κ2) is 5.10. The van der Waals surface area contributed by atoms with Crippen LogP contribution in [-0.2, 0) is 6.54 Å². The van der Waals surface area contributed by atoms with Crippen molar-refractivity contribution < 1.29 is 9.18 Å². The van der Waals surface area contributed by atoms with E-state index in [-0.39, 0.29) is 5.82 Å². The van der Waals surface area contributed by atoms with Crippen LogP contribution in [0.3, 0.4) is 0 Å². The molecule has 4 heteroatoms. The molecule has 0 fully saturated rings. The second-order valence-electron chi connectivity index (χ2n) is 4.58. The maximum atomic E-state index is 13.1. The van der Waals surface area contributed by atoms with Gasteiger partial charge in [0.25, 0.3) is 0 Å². The van der Waals surface area contributed by atoms with Gasteiger partial charge in [-0.15, -0.1) is 0 Å². The zero-order chi connectivity index (χ0) is 14.1. The maximum absolute atomic E-state index is 13.1. The Morgan fingerprint density at radius 2 is 2.00 bits per heavy atom. The van der Waals surface area contributed by atoms with Gasteiger partial charge in [0.1, 0.15) is 5.82 Å². The number of hydrogen-bond donors (Lipinski definition) is 0. The van der Waals surface area contributed by atoms with Gasteiger partial charge in [0.05, 0.1) is 0 Å². The van der Waals surface area contributed by atoms with Crippen LogP contribution >= 0.6 is 11.6 Å². The minimum atomic E-state index is -0.357. The van der Waals surface area contributed by atoms with Gasteiger partial charge in [-0.3, -0.25) is 4.79 Å². The van der Waals surface area contributed by atoms with Gasteiger partial charge in [-0.1, -0.05) is 35.9 Å². The number of aromatic nitrogens is 1. The van der Waals surface area contributed by atoms with Crippen molar-refractivity contribution in [1.82, 2.24) is 4.57 Å². The molecule has 0 aliphatic rings. The third kappa shape index (κ3) is 2.21. The molecule has 0 saturated carbocycles. The molecule has 0 aliphatic carbocycles. The summed E-state index contributed by atoms with van der Waals surface area (Å²) in [6, 6.07) is 12.0. The molecule has 3 rings (SSSR count). The molecule has 1 heterocycles. The number of fused-ring (bicyclic) bond motifs is 1. The predicted octanol–water partition coefficient (Wildman–Crippen LogP) is 4.29. The van der Waals surface area contributed by atoms with E-state index in [1.807, 2.05) is 28.8 Å². The minimum Gasteiger partial charge on any atom is -0.342 e. The van der Waals surface area contributed by atoms with Gasteiger partial charge in [0.2, 0.25) is 0 Å². The Labute approximate surface area is 120 Å². The van der Waals surface area contributed by atoms with Crippen LogP contribution in [-0.4, -0.2) is 10.9 Å². The lowest BCUT2D eigenvalue weighted by Crippen LogP contribution is -1.99. The summed E-state index contributed by atoms with van der Waals surface area (Å²) in [6.07, 6.45) is 2.63. The topological polar surface area (TPSA) is 22.0 Å². The van der Waals surface area contributed by atoms with E-state index in [1.54, 1.807) is 12.3 Å². The van der Waals surface area contributed by atoms with Crippen molar-refractivity contribution in [2.45, 2.75) is 6.54 Å². The first-order valence-corrected chi connectivity index (χ1v) is 6.54. The Bertz CT molecular complexity index is 794. The number of halogens is 2. The van der Waals surface area contributed by atoms with Gasteiger partial charge in [0, 0.05) is 34.2 Å². The average molecular weight is 288 g/mol. The summed E-state index contributed by atoms with van der Waals surface area (Å²) < 4.78 is 15.0. The van der Waals surface area contributed by atoms with Crippen LogP contribution in [0.4, 0.5) is 4.39 Å². The summed E-state index contributed by atoms with van der Waals surface area (Å²) in [5.74, 6) is -0.357. The first-order chi connectivity index (χ1) is 9.69. The van der Waals surface area contributed by atoms with E-state index in [9.17, 15) is 9.18 Å². The van der Waals surface area contributed by atoms with Crippen molar-refractivity contribution in [1.29, 1.82) is 0 Å². The van der Waals surface area contributed by atoms with Crippen LogP contribution in [0.15, 0.2) is 48.7 Å². The Morgan fingerprint density at radius 3 is 2.75 bits per heavy atom. The van der Waals surface area contributed by atoms with Gasteiger partial charge in [0.15, 0.2) is 6.29 Å². The third-order valence-electron chi connectivity index (χ3n) is 3.30. The zero-order valence-corrected chi connectivity index (χ0v) is 11.3. The molecule has 3 aromatic rings. The molecule has 0 amide bonds. The van der Waals surface area contributed by atoms with Gasteiger partial charge < -0.3 is 4.57 Å². The number of carbonyl (C=O) groups is 1. The van der Waals surface area contributed by atoms with Crippen molar-refractivity contribution in [3.05, 3.63) is 70.6 Å². The van der Waals surface area contributed by atoms with E-state index in [0.29, 0.717) is 17.1 Å². The molecule has 2 nitrogen and oxygen atoms in total. The molecule has 0 saturated heterocycles. The summed E-state index contributed by atoms with van der Waals surface area (Å²) in [5, 5.41) is 1.29. The van der Waals surface area contributed by atoms with Crippen LogP contribution < -0.4 is 0 Å². The molecule has 0 aliphatic heterocycles. The molecule has 0 spiro atoms. The van der Waals surface area contributed by atoms with Gasteiger partial charge in [-0.05, 0) is 23.8 Å². The highest BCUT2D eigenvalue weighted by Gasteiger charge is 2.09. The minimum absolute atomic E-state index is 0.357. The Kier molecular flexibility index (Phi) is 3.28. The normalized spacial score (nSPS) is 10.9. The molecule has 0 radical (unpaired) electrons. The summed E-state index contributed by atoms with van der Waals surface area (Å²) in [6.45, 7) is 0.494. The molecule has 0 unspecified atom stereocenters. The Balaban J connectivity index is 2.09. The van der Waals surface area contributed by atoms with E-state index >= 15 is 0 Å². The number of hydrogen-bond acceptors (Lipinski definition) is 1. The highest BCUT2D eigenvalue weighted by Crippen LogP contribution is 2.24. The van der Waals surface area contributed by atoms with E-state index in [0.717, 1.165) is 22.8 Å². The lowest BCUT2D eigenvalue weighted by molar-refractivity contribution is 0.112. The number of para-hydroxylation sites is 1. The van der Waals surface area contributed by atoms with Crippen LogP contribution in [0.2, 0.25) is 5.02 Å². The van der Waals surface area contributed by atoms with E-state index < -0.39 is 0 Å². The quantitative estimate of drug-likeness (QED) is 0.659. The molecule has 100 valence electrons. The van der Waals surface area contributed by atoms with Crippen molar-refractivity contribution >= 4 is 28.8 Å². The highest BCUT2D eigenvalue weighted by molar-refractivity contribution is 6.31. The largest absolute Gasteiger partial charge is 0.342 e. The van der Waals surface area contributed by atoms with Crippen molar-refractivity contribution in [3.8, 4) is 0 Å². The van der Waals surface area contributed by atoms with Crippen molar-refractivity contribution in [3.63, 3.8) is 0 Å². The lowest BCUT2D eigenvalue weighted by Gasteiger charge is -2.07. The van der Waals surface area contributed by atoms with E-state index in [4.69, 9.17) is 11.6 Å². The molecule has 20 heavy (non-hydrogen) atoms. The Morgan fingerprint density at radius 1 is 1.20 bits per heavy atom. The van der Waals surface area contributed by atoms with Crippen LogP contribution in [0, 0.1) is 5.82 Å². The fraction of sp³-hybridized carbons (Fsp3) is 0.0625. The van der Waals surface area contributed by atoms with Crippen molar-refractivity contribution in [2.24, 2.45) is 0 Å². The van der Waals surface area contributed by atoms with Gasteiger partial charge in [-0.2, -0.15) is 0 Å². The smallest absolute Gasteiger partial charge is 0.152 e. The number of rotatable bonds is 3. The maximum Gasteiger partial charge on any atom is 0.152 e. The van der Waals surface area contributed by atoms with Crippen LogP contribution in [0.5, 0.6) is 0 Å². The summed E-state index contributed by atoms with van der Waals surface area (Å²) >= 11 is 6.05. The highest BCUT2D eigenvalue weighted by atomic mass is 35.5.